The number of H-pyrrole nitrogens is 1. The van der Waals surface area contributed by atoms with Gasteiger partial charge in [0.25, 0.3) is 5.56 Å². The summed E-state index contributed by atoms with van der Waals surface area (Å²) in [5, 5.41) is 10.9. The lowest BCUT2D eigenvalue weighted by molar-refractivity contribution is -0.275. The molecule has 0 saturated heterocycles. The molecule has 0 amide bonds. The summed E-state index contributed by atoms with van der Waals surface area (Å²) in [6.07, 6.45) is -9.91. The van der Waals surface area contributed by atoms with Gasteiger partial charge in [-0.3, -0.25) is 19.3 Å². The molecule has 5 aromatic rings. The zero-order chi connectivity index (χ0) is 29.7. The number of hydrogen-bond acceptors (Lipinski definition) is 7. The highest BCUT2D eigenvalue weighted by molar-refractivity contribution is 7.22. The molecule has 0 aliphatic carbocycles. The fourth-order valence-corrected chi connectivity index (χ4v) is 5.49. The van der Waals surface area contributed by atoms with Gasteiger partial charge in [-0.15, -0.1) is 24.5 Å². The predicted octanol–water partition coefficient (Wildman–Crippen LogP) is 5.89. The summed E-state index contributed by atoms with van der Waals surface area (Å²) in [5.41, 5.74) is -1.79. The van der Waals surface area contributed by atoms with Gasteiger partial charge in [-0.2, -0.15) is 13.2 Å². The van der Waals surface area contributed by atoms with E-state index in [1.54, 1.807) is 30.6 Å². The molecule has 0 radical (unpaired) electrons. The van der Waals surface area contributed by atoms with Crippen LogP contribution in [-0.4, -0.2) is 38.3 Å². The summed E-state index contributed by atoms with van der Waals surface area (Å²) in [7, 11) is 0. The maximum atomic E-state index is 13.3. The number of aliphatic hydroxyl groups is 1. The van der Waals surface area contributed by atoms with Gasteiger partial charge in [0.1, 0.15) is 10.6 Å². The Morgan fingerprint density at radius 2 is 1.78 bits per heavy atom. The number of aryl methyl sites for hydroxylation is 1. The van der Waals surface area contributed by atoms with Gasteiger partial charge >= 0.3 is 18.2 Å². The van der Waals surface area contributed by atoms with Crippen molar-refractivity contribution in [2.45, 2.75) is 32.1 Å². The number of ether oxygens (including phenoxy) is 2. The Bertz CT molecular complexity index is 1890. The van der Waals surface area contributed by atoms with E-state index in [0.29, 0.717) is 15.9 Å². The molecule has 15 heteroatoms. The number of halogens is 6. The minimum absolute atomic E-state index is 0.106. The first kappa shape index (κ1) is 28.2. The third-order valence-electron chi connectivity index (χ3n) is 6.07. The molecule has 0 unspecified atom stereocenters. The molecule has 2 aromatic carbocycles. The van der Waals surface area contributed by atoms with Crippen molar-refractivity contribution in [1.82, 2.24) is 14.5 Å². The highest BCUT2D eigenvalue weighted by Crippen LogP contribution is 2.43. The van der Waals surface area contributed by atoms with Crippen molar-refractivity contribution in [2.75, 3.05) is 0 Å². The number of nitrogens with one attached hydrogen (secondary N) is 1. The lowest BCUT2D eigenvalue weighted by atomic mass is 10.1. The van der Waals surface area contributed by atoms with E-state index in [1.165, 1.54) is 25.1 Å². The number of fused-ring (bicyclic) bond motifs is 2. The average molecular weight is 597 g/mol. The van der Waals surface area contributed by atoms with Crippen molar-refractivity contribution in [3.8, 4) is 27.7 Å². The van der Waals surface area contributed by atoms with Gasteiger partial charge < -0.3 is 14.6 Å². The Kier molecular flexibility index (Phi) is 7.03. The van der Waals surface area contributed by atoms with E-state index < -0.39 is 42.2 Å². The van der Waals surface area contributed by atoms with E-state index >= 15 is 0 Å². The molecule has 214 valence electrons. The second-order valence-corrected chi connectivity index (χ2v) is 9.86. The van der Waals surface area contributed by atoms with Crippen LogP contribution in [0.1, 0.15) is 5.56 Å². The van der Waals surface area contributed by atoms with E-state index in [0.717, 1.165) is 16.8 Å². The number of pyridine rings is 1. The van der Waals surface area contributed by atoms with E-state index in [-0.39, 0.29) is 37.7 Å². The number of aromatic nitrogens is 3. The fourth-order valence-electron chi connectivity index (χ4n) is 4.18. The number of hydrogen-bond donors (Lipinski definition) is 2. The van der Waals surface area contributed by atoms with Gasteiger partial charge in [0.2, 0.25) is 0 Å². The second-order valence-electron chi connectivity index (χ2n) is 8.86. The van der Waals surface area contributed by atoms with Crippen LogP contribution in [0.2, 0.25) is 0 Å². The molecule has 41 heavy (non-hydrogen) atoms. The smallest absolute Gasteiger partial charge is 0.453 e. The zero-order valence-corrected chi connectivity index (χ0v) is 21.4. The molecule has 8 nitrogen and oxygen atoms in total. The monoisotopic (exact) mass is 597 g/mol. The third kappa shape index (κ3) is 5.76. The molecule has 0 aliphatic heterocycles. The van der Waals surface area contributed by atoms with E-state index in [2.05, 4.69) is 9.72 Å². The number of aliphatic hydroxyl groups excluding tert-OH is 1. The molecule has 3 aromatic heterocycles. The summed E-state index contributed by atoms with van der Waals surface area (Å²) < 4.78 is 89.5. The number of thiophene rings is 1. The molecule has 5 rings (SSSR count). The number of aromatic amines is 1. The van der Waals surface area contributed by atoms with Gasteiger partial charge in [-0.05, 0) is 65.9 Å². The van der Waals surface area contributed by atoms with E-state index in [4.69, 9.17) is 4.74 Å². The van der Waals surface area contributed by atoms with Crippen LogP contribution in [0.25, 0.3) is 31.4 Å². The molecular formula is C26H17F6N3O5S. The van der Waals surface area contributed by atoms with Crippen LogP contribution in [0.3, 0.4) is 0 Å². The van der Waals surface area contributed by atoms with Gasteiger partial charge in [0.15, 0.2) is 17.6 Å². The Morgan fingerprint density at radius 1 is 1.02 bits per heavy atom. The van der Waals surface area contributed by atoms with Gasteiger partial charge in [-0.25, -0.2) is 4.79 Å². The zero-order valence-electron chi connectivity index (χ0n) is 20.6. The van der Waals surface area contributed by atoms with Crippen LogP contribution in [-0.2, 0) is 6.54 Å². The van der Waals surface area contributed by atoms with Crippen LogP contribution in [0, 0.1) is 6.92 Å². The maximum absolute atomic E-state index is 13.3. The SMILES string of the molecule is Cc1c(-c2ccc(Oc3ccc4cnccc4c3)c(OC(F)(F)F)c2)sc2c1c(=O)[nH]c(=O)n2C[C@@H](O)C(F)(F)F. The first-order valence-corrected chi connectivity index (χ1v) is 12.5. The van der Waals surface area contributed by atoms with Crippen molar-refractivity contribution in [3.63, 3.8) is 0 Å². The van der Waals surface area contributed by atoms with Gasteiger partial charge in [0, 0.05) is 22.7 Å². The van der Waals surface area contributed by atoms with Gasteiger partial charge in [0.05, 0.1) is 11.9 Å². The average Bonchev–Trinajstić information content (AvgIpc) is 3.23. The summed E-state index contributed by atoms with van der Waals surface area (Å²) in [6.45, 7) is 0.225. The van der Waals surface area contributed by atoms with E-state index in [9.17, 15) is 41.0 Å². The minimum atomic E-state index is -5.10. The minimum Gasteiger partial charge on any atom is -0.453 e. The Balaban J connectivity index is 1.61. The quantitative estimate of drug-likeness (QED) is 0.237. The summed E-state index contributed by atoms with van der Waals surface area (Å²) in [4.78, 5) is 30.8. The number of rotatable bonds is 6. The van der Waals surface area contributed by atoms with Crippen LogP contribution >= 0.6 is 11.3 Å². The van der Waals surface area contributed by atoms with Crippen LogP contribution in [0.15, 0.2) is 64.4 Å². The fraction of sp³-hybridized carbons (Fsp3) is 0.192. The molecule has 1 atom stereocenters. The molecule has 0 spiro atoms. The number of benzene rings is 2. The highest BCUT2D eigenvalue weighted by Gasteiger charge is 2.39. The predicted molar refractivity (Wildman–Crippen MR) is 137 cm³/mol. The standard InChI is InChI=1S/C26H17F6N3O5S/c1-12-20-22(37)34-24(38)35(11-19(36)25(27,28)29)23(20)41-21(12)14-3-5-17(18(9-14)40-26(30,31)32)39-16-4-2-15-10-33-7-6-13(15)8-16/h2-10,19,36H,11H2,1H3,(H,34,37,38)/t19-/m1/s1. The number of nitrogens with zero attached hydrogens (tertiary/aromatic N) is 2. The molecule has 0 bridgehead atoms. The first-order chi connectivity index (χ1) is 19.2. The Morgan fingerprint density at radius 3 is 2.49 bits per heavy atom. The number of alkyl halides is 6. The third-order valence-corrected chi connectivity index (χ3v) is 7.43. The molecule has 0 fully saturated rings. The first-order valence-electron chi connectivity index (χ1n) is 11.6. The van der Waals surface area contributed by atoms with Crippen molar-refractivity contribution >= 4 is 32.3 Å². The maximum Gasteiger partial charge on any atom is 0.573 e. The normalized spacial score (nSPS) is 13.1. The van der Waals surface area contributed by atoms with Gasteiger partial charge in [-0.1, -0.05) is 0 Å². The van der Waals surface area contributed by atoms with E-state index in [1.807, 2.05) is 4.98 Å². The lowest BCUT2D eigenvalue weighted by Gasteiger charge is -2.16. The van der Waals surface area contributed by atoms with Crippen molar-refractivity contribution in [3.05, 3.63) is 81.3 Å². The molecule has 2 N–H and O–H groups in total. The summed E-state index contributed by atoms with van der Waals surface area (Å²) in [6, 6.07) is 10.1. The second kappa shape index (κ2) is 10.2. The molecule has 3 heterocycles. The summed E-state index contributed by atoms with van der Waals surface area (Å²) >= 11 is 0.703. The largest absolute Gasteiger partial charge is 0.573 e. The summed E-state index contributed by atoms with van der Waals surface area (Å²) in [5.74, 6) is -0.804. The van der Waals surface area contributed by atoms with Crippen molar-refractivity contribution in [2.24, 2.45) is 0 Å². The topological polar surface area (TPSA) is 106 Å². The van der Waals surface area contributed by atoms with Crippen molar-refractivity contribution < 1.29 is 40.9 Å². The highest BCUT2D eigenvalue weighted by atomic mass is 32.1. The lowest BCUT2D eigenvalue weighted by Crippen LogP contribution is -2.38. The Labute approximate surface area is 229 Å². The van der Waals surface area contributed by atoms with Crippen LogP contribution in [0.4, 0.5) is 26.3 Å². The van der Waals surface area contributed by atoms with Crippen molar-refractivity contribution in [1.29, 1.82) is 0 Å². The van der Waals surface area contributed by atoms with Crippen LogP contribution < -0.4 is 20.7 Å². The molecule has 0 saturated carbocycles. The molecule has 0 aliphatic rings. The Hall–Kier alpha value is -4.37. The van der Waals surface area contributed by atoms with Crippen LogP contribution in [0.5, 0.6) is 17.2 Å². The molecular weight excluding hydrogens is 580 g/mol.